The van der Waals surface area contributed by atoms with Crippen LogP contribution >= 0.6 is 0 Å². The summed E-state index contributed by atoms with van der Waals surface area (Å²) in [6.45, 7) is 9.23. The van der Waals surface area contributed by atoms with Crippen LogP contribution in [0.15, 0.2) is 27.7 Å². The molecule has 0 radical (unpaired) electrons. The maximum absolute atomic E-state index is 6.04. The van der Waals surface area contributed by atoms with E-state index in [4.69, 9.17) is 9.26 Å². The third-order valence-corrected chi connectivity index (χ3v) is 4.77. The predicted molar refractivity (Wildman–Crippen MR) is 105 cm³/mol. The fourth-order valence-corrected chi connectivity index (χ4v) is 3.43. The van der Waals surface area contributed by atoms with Crippen molar-refractivity contribution in [3.8, 4) is 0 Å². The first-order chi connectivity index (χ1) is 13.1. The highest BCUT2D eigenvalue weighted by molar-refractivity contribution is 5.80. The van der Waals surface area contributed by atoms with Crippen LogP contribution in [0.3, 0.4) is 0 Å². The summed E-state index contributed by atoms with van der Waals surface area (Å²) in [5.41, 5.74) is 3.81. The second-order valence-corrected chi connectivity index (χ2v) is 6.98. The highest BCUT2D eigenvalue weighted by Gasteiger charge is 2.25. The molecular formula is C20H29N5O2. The third-order valence-electron chi connectivity index (χ3n) is 4.77. The average Bonchev–Trinajstić information content (AvgIpc) is 3.07. The quantitative estimate of drug-likeness (QED) is 0.495. The topological polar surface area (TPSA) is 75.8 Å². The van der Waals surface area contributed by atoms with Gasteiger partial charge in [-0.1, -0.05) is 28.9 Å². The first-order valence-electron chi connectivity index (χ1n) is 9.50. The number of rotatable bonds is 5. The van der Waals surface area contributed by atoms with Gasteiger partial charge in [0, 0.05) is 26.6 Å². The van der Waals surface area contributed by atoms with Gasteiger partial charge >= 0.3 is 0 Å². The summed E-state index contributed by atoms with van der Waals surface area (Å²) in [6, 6.07) is 6.54. The molecule has 146 valence electrons. The molecular weight excluding hydrogens is 342 g/mol. The molecule has 1 fully saturated rings. The zero-order chi connectivity index (χ0) is 19.2. The van der Waals surface area contributed by atoms with Crippen molar-refractivity contribution in [2.24, 2.45) is 4.99 Å². The van der Waals surface area contributed by atoms with Crippen LogP contribution in [-0.4, -0.2) is 54.3 Å². The van der Waals surface area contributed by atoms with Crippen molar-refractivity contribution in [3.63, 3.8) is 0 Å². The normalized spacial score (nSPS) is 18.0. The maximum atomic E-state index is 6.04. The second-order valence-electron chi connectivity index (χ2n) is 6.98. The maximum Gasteiger partial charge on any atom is 0.226 e. The zero-order valence-electron chi connectivity index (χ0n) is 16.7. The predicted octanol–water partition coefficient (Wildman–Crippen LogP) is 2.58. The Morgan fingerprint density at radius 3 is 2.89 bits per heavy atom. The highest BCUT2D eigenvalue weighted by atomic mass is 16.5. The van der Waals surface area contributed by atoms with Crippen molar-refractivity contribution in [1.82, 2.24) is 20.4 Å². The van der Waals surface area contributed by atoms with E-state index in [1.54, 1.807) is 0 Å². The number of nitrogens with one attached hydrogen (secondary N) is 1. The minimum atomic E-state index is 0.0688. The van der Waals surface area contributed by atoms with Crippen molar-refractivity contribution in [1.29, 1.82) is 0 Å². The van der Waals surface area contributed by atoms with Crippen molar-refractivity contribution in [2.45, 2.75) is 39.7 Å². The first-order valence-corrected chi connectivity index (χ1v) is 9.50. The van der Waals surface area contributed by atoms with Crippen molar-refractivity contribution in [3.05, 3.63) is 46.6 Å². The molecule has 2 heterocycles. The smallest absolute Gasteiger partial charge is 0.226 e. The minimum absolute atomic E-state index is 0.0688. The minimum Gasteiger partial charge on any atom is -0.370 e. The molecule has 3 rings (SSSR count). The molecule has 7 nitrogen and oxygen atoms in total. The van der Waals surface area contributed by atoms with Crippen molar-refractivity contribution in [2.75, 3.05) is 33.3 Å². The molecule has 1 aromatic heterocycles. The first kappa shape index (κ1) is 19.4. The van der Waals surface area contributed by atoms with E-state index in [0.717, 1.165) is 38.4 Å². The molecule has 0 bridgehead atoms. The Morgan fingerprint density at radius 1 is 1.33 bits per heavy atom. The summed E-state index contributed by atoms with van der Waals surface area (Å²) in [5, 5.41) is 7.26. The Labute approximate surface area is 160 Å². The third kappa shape index (κ3) is 5.07. The lowest BCUT2D eigenvalue weighted by molar-refractivity contribution is -0.00831. The van der Waals surface area contributed by atoms with E-state index in [-0.39, 0.29) is 6.10 Å². The monoisotopic (exact) mass is 371 g/mol. The van der Waals surface area contributed by atoms with Gasteiger partial charge in [0.2, 0.25) is 5.89 Å². The Bertz CT molecular complexity index is 786. The number of aryl methyl sites for hydroxylation is 4. The molecule has 0 aliphatic carbocycles. The number of aliphatic imine (C=N–C) groups is 1. The van der Waals surface area contributed by atoms with E-state index in [1.807, 2.05) is 14.0 Å². The molecule has 1 N–H and O–H groups in total. The van der Waals surface area contributed by atoms with Gasteiger partial charge in [-0.05, 0) is 38.3 Å². The Hall–Kier alpha value is -2.41. The molecule has 1 atom stereocenters. The molecule has 0 amide bonds. The number of benzene rings is 1. The van der Waals surface area contributed by atoms with E-state index >= 15 is 0 Å². The largest absolute Gasteiger partial charge is 0.370 e. The van der Waals surface area contributed by atoms with E-state index < -0.39 is 0 Å². The molecule has 1 unspecified atom stereocenters. The summed E-state index contributed by atoms with van der Waals surface area (Å²) < 4.78 is 11.2. The Kier molecular flexibility index (Phi) is 6.45. The number of hydrogen-bond donors (Lipinski definition) is 1. The van der Waals surface area contributed by atoms with Gasteiger partial charge in [-0.3, -0.25) is 4.99 Å². The summed E-state index contributed by atoms with van der Waals surface area (Å²) in [4.78, 5) is 11.0. The van der Waals surface area contributed by atoms with Crippen molar-refractivity contribution >= 4 is 5.96 Å². The van der Waals surface area contributed by atoms with Gasteiger partial charge in [0.1, 0.15) is 6.10 Å². The molecule has 0 saturated carbocycles. The summed E-state index contributed by atoms with van der Waals surface area (Å²) in [7, 11) is 1.82. The lowest BCUT2D eigenvalue weighted by Gasteiger charge is -2.35. The van der Waals surface area contributed by atoms with Crippen LogP contribution in [0.25, 0.3) is 0 Å². The average molecular weight is 371 g/mol. The molecule has 2 aromatic rings. The standard InChI is InChI=1S/C20H29N5O2/c1-14-7-8-17(15(2)12-14)18-13-25(10-11-26-18)20(21-4)22-9-5-6-19-23-16(3)24-27-19/h7-8,12,18H,5-6,9-11,13H2,1-4H3,(H,21,22). The van der Waals surface area contributed by atoms with Gasteiger partial charge in [-0.2, -0.15) is 4.98 Å². The molecule has 1 aromatic carbocycles. The lowest BCUT2D eigenvalue weighted by Crippen LogP contribution is -2.48. The van der Waals surface area contributed by atoms with E-state index in [1.165, 1.54) is 16.7 Å². The van der Waals surface area contributed by atoms with Gasteiger partial charge in [0.15, 0.2) is 11.8 Å². The van der Waals surface area contributed by atoms with E-state index in [2.05, 4.69) is 57.4 Å². The van der Waals surface area contributed by atoms with Crippen LogP contribution in [0.5, 0.6) is 0 Å². The molecule has 7 heteroatoms. The SMILES string of the molecule is CN=C(NCCCc1nc(C)no1)N1CCOC(c2ccc(C)cc2C)C1. The van der Waals surface area contributed by atoms with Gasteiger partial charge in [0.25, 0.3) is 0 Å². The van der Waals surface area contributed by atoms with Crippen LogP contribution in [0.1, 0.15) is 40.9 Å². The van der Waals surface area contributed by atoms with Crippen molar-refractivity contribution < 1.29 is 9.26 Å². The van der Waals surface area contributed by atoms with Crippen LogP contribution in [0, 0.1) is 20.8 Å². The summed E-state index contributed by atoms with van der Waals surface area (Å²) in [5.74, 6) is 2.28. The van der Waals surface area contributed by atoms with Crippen LogP contribution in [0.2, 0.25) is 0 Å². The summed E-state index contributed by atoms with van der Waals surface area (Å²) in [6.07, 6.45) is 1.74. The second kappa shape index (κ2) is 8.99. The van der Waals surface area contributed by atoms with Crippen LogP contribution in [0.4, 0.5) is 0 Å². The number of nitrogens with zero attached hydrogens (tertiary/aromatic N) is 4. The Morgan fingerprint density at radius 2 is 2.19 bits per heavy atom. The van der Waals surface area contributed by atoms with Crippen LogP contribution in [-0.2, 0) is 11.2 Å². The number of ether oxygens (including phenoxy) is 1. The van der Waals surface area contributed by atoms with Gasteiger partial charge in [-0.25, -0.2) is 0 Å². The molecule has 1 aliphatic rings. The lowest BCUT2D eigenvalue weighted by atomic mass is 10.00. The molecule has 1 aliphatic heterocycles. The van der Waals surface area contributed by atoms with E-state index in [0.29, 0.717) is 18.3 Å². The fraction of sp³-hybridized carbons (Fsp3) is 0.550. The van der Waals surface area contributed by atoms with E-state index in [9.17, 15) is 0 Å². The number of guanidine groups is 1. The zero-order valence-corrected chi connectivity index (χ0v) is 16.7. The van der Waals surface area contributed by atoms with Crippen LogP contribution < -0.4 is 5.32 Å². The van der Waals surface area contributed by atoms with Gasteiger partial charge in [-0.15, -0.1) is 0 Å². The molecule has 0 spiro atoms. The summed E-state index contributed by atoms with van der Waals surface area (Å²) >= 11 is 0. The Balaban J connectivity index is 1.53. The molecule has 27 heavy (non-hydrogen) atoms. The molecule has 1 saturated heterocycles. The van der Waals surface area contributed by atoms with Gasteiger partial charge in [0.05, 0.1) is 13.2 Å². The number of morpholine rings is 1. The number of hydrogen-bond acceptors (Lipinski definition) is 5. The van der Waals surface area contributed by atoms with Gasteiger partial charge < -0.3 is 19.5 Å². The fourth-order valence-electron chi connectivity index (χ4n) is 3.43. The highest BCUT2D eigenvalue weighted by Crippen LogP contribution is 2.25. The number of aromatic nitrogens is 2.